The summed E-state index contributed by atoms with van der Waals surface area (Å²) in [5.74, 6) is 0.900. The predicted octanol–water partition coefficient (Wildman–Crippen LogP) is 1.56. The number of aromatic nitrogens is 1. The van der Waals surface area contributed by atoms with Crippen LogP contribution in [-0.4, -0.2) is 22.5 Å². The second kappa shape index (κ2) is 4.51. The van der Waals surface area contributed by atoms with E-state index in [4.69, 9.17) is 0 Å². The van der Waals surface area contributed by atoms with Gasteiger partial charge in [-0.05, 0) is 36.8 Å². The van der Waals surface area contributed by atoms with Gasteiger partial charge in [-0.3, -0.25) is 4.79 Å². The lowest BCUT2D eigenvalue weighted by molar-refractivity contribution is 0.0938. The van der Waals surface area contributed by atoms with Crippen LogP contribution in [0.3, 0.4) is 0 Å². The van der Waals surface area contributed by atoms with Crippen LogP contribution in [0.25, 0.3) is 0 Å². The molecule has 4 nitrogen and oxygen atoms in total. The molecule has 1 heterocycles. The number of pyridine rings is 1. The van der Waals surface area contributed by atoms with Crippen molar-refractivity contribution in [3.8, 4) is 5.75 Å². The minimum Gasteiger partial charge on any atom is -0.505 e. The fraction of sp³-hybridized carbons (Fsp3) is 0.500. The van der Waals surface area contributed by atoms with Crippen molar-refractivity contribution in [3.63, 3.8) is 0 Å². The molecule has 0 spiro atoms. The lowest BCUT2D eigenvalue weighted by atomic mass is 10.1. The van der Waals surface area contributed by atoms with Gasteiger partial charge in [0.25, 0.3) is 5.91 Å². The van der Waals surface area contributed by atoms with Crippen LogP contribution in [0.15, 0.2) is 18.3 Å². The second-order valence-electron chi connectivity index (χ2n) is 4.40. The molecule has 0 aliphatic heterocycles. The fourth-order valence-electron chi connectivity index (χ4n) is 1.74. The van der Waals surface area contributed by atoms with Crippen molar-refractivity contribution in [2.75, 3.05) is 6.54 Å². The van der Waals surface area contributed by atoms with Crippen LogP contribution in [0, 0.1) is 11.8 Å². The van der Waals surface area contributed by atoms with Gasteiger partial charge in [0, 0.05) is 12.7 Å². The maximum atomic E-state index is 11.7. The quantitative estimate of drug-likeness (QED) is 0.809. The van der Waals surface area contributed by atoms with Crippen molar-refractivity contribution in [2.45, 2.75) is 19.8 Å². The van der Waals surface area contributed by atoms with Gasteiger partial charge < -0.3 is 10.4 Å². The number of hydrogen-bond acceptors (Lipinski definition) is 3. The Morgan fingerprint density at radius 1 is 1.69 bits per heavy atom. The SMILES string of the molecule is CC(CNC(=O)c1ncccc1O)C1CC1. The van der Waals surface area contributed by atoms with Gasteiger partial charge in [-0.15, -0.1) is 0 Å². The summed E-state index contributed by atoms with van der Waals surface area (Å²) in [6.45, 7) is 2.79. The Morgan fingerprint density at radius 2 is 2.44 bits per heavy atom. The number of nitrogens with zero attached hydrogens (tertiary/aromatic N) is 1. The van der Waals surface area contributed by atoms with E-state index in [9.17, 15) is 9.90 Å². The van der Waals surface area contributed by atoms with E-state index in [-0.39, 0.29) is 17.4 Å². The van der Waals surface area contributed by atoms with Gasteiger partial charge in [-0.1, -0.05) is 6.92 Å². The van der Waals surface area contributed by atoms with Gasteiger partial charge >= 0.3 is 0 Å². The minimum absolute atomic E-state index is 0.0703. The molecule has 1 atom stereocenters. The summed E-state index contributed by atoms with van der Waals surface area (Å²) in [6.07, 6.45) is 4.04. The number of rotatable bonds is 4. The van der Waals surface area contributed by atoms with Crippen LogP contribution in [0.5, 0.6) is 5.75 Å². The molecule has 86 valence electrons. The lowest BCUT2D eigenvalue weighted by Gasteiger charge is -2.11. The van der Waals surface area contributed by atoms with Gasteiger partial charge in [-0.2, -0.15) is 0 Å². The Balaban J connectivity index is 1.90. The minimum atomic E-state index is -0.300. The maximum Gasteiger partial charge on any atom is 0.273 e. The Kier molecular flexibility index (Phi) is 3.08. The summed E-state index contributed by atoms with van der Waals surface area (Å²) in [6, 6.07) is 3.06. The number of amides is 1. The molecular weight excluding hydrogens is 204 g/mol. The molecule has 4 heteroatoms. The van der Waals surface area contributed by atoms with Crippen LogP contribution in [0.1, 0.15) is 30.3 Å². The number of aromatic hydroxyl groups is 1. The number of carbonyl (C=O) groups is 1. The molecule has 1 fully saturated rings. The Bertz CT molecular complexity index is 388. The van der Waals surface area contributed by atoms with Crippen molar-refractivity contribution >= 4 is 5.91 Å². The predicted molar refractivity (Wildman–Crippen MR) is 60.1 cm³/mol. The monoisotopic (exact) mass is 220 g/mol. The number of hydrogen-bond donors (Lipinski definition) is 2. The van der Waals surface area contributed by atoms with Gasteiger partial charge in [0.1, 0.15) is 5.75 Å². The molecule has 1 unspecified atom stereocenters. The lowest BCUT2D eigenvalue weighted by Crippen LogP contribution is -2.29. The molecule has 1 aromatic heterocycles. The van der Waals surface area contributed by atoms with Gasteiger partial charge in [0.2, 0.25) is 0 Å². The third kappa shape index (κ3) is 2.51. The van der Waals surface area contributed by atoms with E-state index < -0.39 is 0 Å². The molecule has 0 saturated heterocycles. The molecule has 0 bridgehead atoms. The molecule has 1 aliphatic rings. The van der Waals surface area contributed by atoms with Gasteiger partial charge in [0.15, 0.2) is 5.69 Å². The van der Waals surface area contributed by atoms with Crippen molar-refractivity contribution < 1.29 is 9.90 Å². The van der Waals surface area contributed by atoms with Crippen LogP contribution in [0.4, 0.5) is 0 Å². The first-order valence-corrected chi connectivity index (χ1v) is 5.60. The van der Waals surface area contributed by atoms with Crippen molar-refractivity contribution in [1.82, 2.24) is 10.3 Å². The van der Waals surface area contributed by atoms with Gasteiger partial charge in [0.05, 0.1) is 0 Å². The summed E-state index contributed by atoms with van der Waals surface area (Å²) < 4.78 is 0. The maximum absolute atomic E-state index is 11.7. The largest absolute Gasteiger partial charge is 0.505 e. The first kappa shape index (κ1) is 10.9. The average Bonchev–Trinajstić information content (AvgIpc) is 3.10. The first-order chi connectivity index (χ1) is 7.68. The molecule has 0 aromatic carbocycles. The topological polar surface area (TPSA) is 62.2 Å². The van der Waals surface area contributed by atoms with Crippen LogP contribution >= 0.6 is 0 Å². The summed E-state index contributed by atoms with van der Waals surface area (Å²) in [5.41, 5.74) is 0.102. The number of nitrogens with one attached hydrogen (secondary N) is 1. The van der Waals surface area contributed by atoms with Gasteiger partial charge in [-0.25, -0.2) is 4.98 Å². The van der Waals surface area contributed by atoms with E-state index in [1.165, 1.54) is 25.1 Å². The van der Waals surface area contributed by atoms with E-state index in [1.54, 1.807) is 6.07 Å². The van der Waals surface area contributed by atoms with Crippen LogP contribution in [-0.2, 0) is 0 Å². The molecule has 1 aliphatic carbocycles. The van der Waals surface area contributed by atoms with Crippen molar-refractivity contribution in [3.05, 3.63) is 24.0 Å². The second-order valence-corrected chi connectivity index (χ2v) is 4.40. The molecule has 1 amide bonds. The highest BCUT2D eigenvalue weighted by molar-refractivity contribution is 5.94. The van der Waals surface area contributed by atoms with Crippen molar-refractivity contribution in [2.24, 2.45) is 11.8 Å². The molecule has 2 rings (SSSR count). The Morgan fingerprint density at radius 3 is 3.06 bits per heavy atom. The number of carbonyl (C=O) groups excluding carboxylic acids is 1. The highest BCUT2D eigenvalue weighted by Gasteiger charge is 2.28. The third-order valence-electron chi connectivity index (χ3n) is 3.01. The van der Waals surface area contributed by atoms with E-state index in [0.717, 1.165) is 5.92 Å². The molecule has 2 N–H and O–H groups in total. The zero-order valence-electron chi connectivity index (χ0n) is 9.31. The molecule has 1 saturated carbocycles. The first-order valence-electron chi connectivity index (χ1n) is 5.60. The smallest absolute Gasteiger partial charge is 0.273 e. The normalized spacial score (nSPS) is 16.8. The van der Waals surface area contributed by atoms with Crippen LogP contribution < -0.4 is 5.32 Å². The highest BCUT2D eigenvalue weighted by Crippen LogP contribution is 2.36. The standard InChI is InChI=1S/C12H16N2O2/c1-8(9-4-5-9)7-14-12(16)11-10(15)3-2-6-13-11/h2-3,6,8-9,15H,4-5,7H2,1H3,(H,14,16). The Hall–Kier alpha value is -1.58. The average molecular weight is 220 g/mol. The molecular formula is C12H16N2O2. The molecule has 1 aromatic rings. The molecule has 0 radical (unpaired) electrons. The summed E-state index contributed by atoms with van der Waals surface area (Å²) in [7, 11) is 0. The zero-order chi connectivity index (χ0) is 11.5. The zero-order valence-corrected chi connectivity index (χ0v) is 9.31. The summed E-state index contributed by atoms with van der Waals surface area (Å²) in [4.78, 5) is 15.5. The molecule has 16 heavy (non-hydrogen) atoms. The summed E-state index contributed by atoms with van der Waals surface area (Å²) in [5, 5.41) is 12.2. The third-order valence-corrected chi connectivity index (χ3v) is 3.01. The van der Waals surface area contributed by atoms with E-state index in [2.05, 4.69) is 17.2 Å². The summed E-state index contributed by atoms with van der Waals surface area (Å²) >= 11 is 0. The fourth-order valence-corrected chi connectivity index (χ4v) is 1.74. The van der Waals surface area contributed by atoms with E-state index in [0.29, 0.717) is 12.5 Å². The van der Waals surface area contributed by atoms with E-state index in [1.807, 2.05) is 0 Å². The van der Waals surface area contributed by atoms with E-state index >= 15 is 0 Å². The van der Waals surface area contributed by atoms with Crippen LogP contribution in [0.2, 0.25) is 0 Å². The Labute approximate surface area is 94.7 Å². The van der Waals surface area contributed by atoms with Crippen molar-refractivity contribution in [1.29, 1.82) is 0 Å². The highest BCUT2D eigenvalue weighted by atomic mass is 16.3.